The predicted molar refractivity (Wildman–Crippen MR) is 80.8 cm³/mol. The first-order valence-electron chi connectivity index (χ1n) is 6.25. The van der Waals surface area contributed by atoms with Gasteiger partial charge in [0.25, 0.3) is 0 Å². The molecule has 0 fully saturated rings. The lowest BCUT2D eigenvalue weighted by molar-refractivity contribution is 0.0602. The number of ether oxygens (including phenoxy) is 1. The van der Waals surface area contributed by atoms with E-state index in [1.807, 2.05) is 0 Å². The normalized spacial score (nSPS) is 11.4. The first kappa shape index (κ1) is 16.6. The van der Waals surface area contributed by atoms with Crippen molar-refractivity contribution in [2.45, 2.75) is 18.4 Å². The summed E-state index contributed by atoms with van der Waals surface area (Å²) in [4.78, 5) is 11.4. The fourth-order valence-corrected chi connectivity index (χ4v) is 4.17. The molecular formula is C14H14FNO4S2. The molecule has 0 aliphatic heterocycles. The van der Waals surface area contributed by atoms with Crippen LogP contribution in [0.2, 0.25) is 0 Å². The standard InChI is InChI=1S/C14H14FNO4S2/c1-9-7-10(3-4-11(9)15)8-16-22(18,19)12-5-6-21-13(12)14(17)20-2/h3-7,16H,8H2,1-2H3. The van der Waals surface area contributed by atoms with Gasteiger partial charge in [0.15, 0.2) is 0 Å². The number of carbonyl (C=O) groups is 1. The molecule has 2 aromatic rings. The Labute approximate surface area is 131 Å². The highest BCUT2D eigenvalue weighted by atomic mass is 32.2. The highest BCUT2D eigenvalue weighted by Crippen LogP contribution is 2.23. The molecule has 118 valence electrons. The first-order valence-corrected chi connectivity index (χ1v) is 8.62. The Morgan fingerprint density at radius 3 is 2.73 bits per heavy atom. The number of aryl methyl sites for hydroxylation is 1. The molecule has 1 N–H and O–H groups in total. The van der Waals surface area contributed by atoms with Gasteiger partial charge < -0.3 is 4.74 Å². The van der Waals surface area contributed by atoms with Gasteiger partial charge >= 0.3 is 5.97 Å². The molecule has 0 bridgehead atoms. The van der Waals surface area contributed by atoms with Crippen molar-refractivity contribution >= 4 is 27.3 Å². The summed E-state index contributed by atoms with van der Waals surface area (Å²) in [5, 5.41) is 1.50. The van der Waals surface area contributed by atoms with Crippen LogP contribution in [0.15, 0.2) is 34.5 Å². The molecule has 1 aromatic heterocycles. The van der Waals surface area contributed by atoms with Crippen LogP contribution in [0.4, 0.5) is 4.39 Å². The van der Waals surface area contributed by atoms with Gasteiger partial charge in [-0.15, -0.1) is 11.3 Å². The summed E-state index contributed by atoms with van der Waals surface area (Å²) in [6, 6.07) is 5.69. The maximum Gasteiger partial charge on any atom is 0.349 e. The van der Waals surface area contributed by atoms with Crippen LogP contribution in [0, 0.1) is 12.7 Å². The lowest BCUT2D eigenvalue weighted by atomic mass is 10.1. The van der Waals surface area contributed by atoms with Crippen molar-refractivity contribution in [1.82, 2.24) is 4.72 Å². The van der Waals surface area contributed by atoms with Crippen LogP contribution < -0.4 is 4.72 Å². The minimum atomic E-state index is -3.86. The van der Waals surface area contributed by atoms with Gasteiger partial charge in [-0.2, -0.15) is 0 Å². The maximum atomic E-state index is 13.2. The zero-order chi connectivity index (χ0) is 16.3. The zero-order valence-electron chi connectivity index (χ0n) is 11.9. The molecule has 0 saturated heterocycles. The number of carbonyl (C=O) groups excluding carboxylic acids is 1. The number of hydrogen-bond acceptors (Lipinski definition) is 5. The van der Waals surface area contributed by atoms with E-state index in [-0.39, 0.29) is 22.1 Å². The monoisotopic (exact) mass is 343 g/mol. The number of methoxy groups -OCH3 is 1. The van der Waals surface area contributed by atoms with Crippen molar-refractivity contribution in [2.24, 2.45) is 0 Å². The Morgan fingerprint density at radius 1 is 1.36 bits per heavy atom. The van der Waals surface area contributed by atoms with Gasteiger partial charge in [-0.3, -0.25) is 0 Å². The van der Waals surface area contributed by atoms with E-state index in [2.05, 4.69) is 9.46 Å². The summed E-state index contributed by atoms with van der Waals surface area (Å²) in [5.41, 5.74) is 1.06. The van der Waals surface area contributed by atoms with E-state index < -0.39 is 16.0 Å². The minimum absolute atomic E-state index is 0.0000867. The van der Waals surface area contributed by atoms with Gasteiger partial charge in [-0.05, 0) is 35.6 Å². The number of thiophene rings is 1. The first-order chi connectivity index (χ1) is 10.3. The molecule has 1 heterocycles. The molecule has 22 heavy (non-hydrogen) atoms. The van der Waals surface area contributed by atoms with E-state index in [1.54, 1.807) is 13.0 Å². The van der Waals surface area contributed by atoms with Crippen LogP contribution in [0.1, 0.15) is 20.8 Å². The smallest absolute Gasteiger partial charge is 0.349 e. The number of halogens is 1. The SMILES string of the molecule is COC(=O)c1sccc1S(=O)(=O)NCc1ccc(F)c(C)c1. The summed E-state index contributed by atoms with van der Waals surface area (Å²) in [5.74, 6) is -1.05. The van der Waals surface area contributed by atoms with Crippen molar-refractivity contribution in [3.8, 4) is 0 Å². The molecule has 0 atom stereocenters. The number of rotatable bonds is 5. The minimum Gasteiger partial charge on any atom is -0.465 e. The van der Waals surface area contributed by atoms with Crippen LogP contribution in [0.3, 0.4) is 0 Å². The highest BCUT2D eigenvalue weighted by Gasteiger charge is 2.24. The number of benzene rings is 1. The predicted octanol–water partition coefficient (Wildman–Crippen LogP) is 2.46. The van der Waals surface area contributed by atoms with Gasteiger partial charge in [-0.25, -0.2) is 22.3 Å². The van der Waals surface area contributed by atoms with E-state index in [9.17, 15) is 17.6 Å². The number of sulfonamides is 1. The van der Waals surface area contributed by atoms with Crippen molar-refractivity contribution in [2.75, 3.05) is 7.11 Å². The van der Waals surface area contributed by atoms with Gasteiger partial charge in [0.05, 0.1) is 7.11 Å². The molecular weight excluding hydrogens is 329 g/mol. The molecule has 0 aliphatic carbocycles. The summed E-state index contributed by atoms with van der Waals surface area (Å²) < 4.78 is 44.7. The molecule has 0 amide bonds. The summed E-state index contributed by atoms with van der Waals surface area (Å²) in [6.45, 7) is 1.60. The largest absolute Gasteiger partial charge is 0.465 e. The molecule has 0 saturated carbocycles. The third-order valence-corrected chi connectivity index (χ3v) is 5.45. The van der Waals surface area contributed by atoms with Crippen LogP contribution in [0.25, 0.3) is 0 Å². The summed E-state index contributed by atoms with van der Waals surface area (Å²) in [6.07, 6.45) is 0. The molecule has 0 radical (unpaired) electrons. The molecule has 1 aromatic carbocycles. The second-order valence-electron chi connectivity index (χ2n) is 4.51. The van der Waals surface area contributed by atoms with Crippen molar-refractivity contribution in [1.29, 1.82) is 0 Å². The van der Waals surface area contributed by atoms with Crippen molar-refractivity contribution < 1.29 is 22.3 Å². The molecule has 0 aliphatic rings. The summed E-state index contributed by atoms with van der Waals surface area (Å²) >= 11 is 0.992. The molecule has 5 nitrogen and oxygen atoms in total. The Kier molecular flexibility index (Phi) is 4.94. The number of nitrogens with one attached hydrogen (secondary N) is 1. The lowest BCUT2D eigenvalue weighted by Crippen LogP contribution is -2.24. The fraction of sp³-hybridized carbons (Fsp3) is 0.214. The topological polar surface area (TPSA) is 72.5 Å². The Balaban J connectivity index is 2.20. The van der Waals surface area contributed by atoms with E-state index >= 15 is 0 Å². The van der Waals surface area contributed by atoms with Crippen molar-refractivity contribution in [3.63, 3.8) is 0 Å². The van der Waals surface area contributed by atoms with Gasteiger partial charge in [0.2, 0.25) is 10.0 Å². The van der Waals surface area contributed by atoms with Crippen LogP contribution in [-0.4, -0.2) is 21.5 Å². The van der Waals surface area contributed by atoms with Gasteiger partial charge in [0.1, 0.15) is 15.6 Å². The maximum absolute atomic E-state index is 13.2. The lowest BCUT2D eigenvalue weighted by Gasteiger charge is -2.08. The number of esters is 1. The Bertz CT molecular complexity index is 799. The highest BCUT2D eigenvalue weighted by molar-refractivity contribution is 7.89. The number of hydrogen-bond donors (Lipinski definition) is 1. The average molecular weight is 343 g/mol. The molecule has 0 unspecified atom stereocenters. The van der Waals surface area contributed by atoms with Crippen LogP contribution in [-0.2, 0) is 21.3 Å². The molecule has 8 heteroatoms. The second-order valence-corrected chi connectivity index (χ2v) is 7.17. The van der Waals surface area contributed by atoms with E-state index in [4.69, 9.17) is 0 Å². The average Bonchev–Trinajstić information content (AvgIpc) is 2.98. The molecule has 0 spiro atoms. The Hall–Kier alpha value is -1.77. The van der Waals surface area contributed by atoms with Gasteiger partial charge in [-0.1, -0.05) is 12.1 Å². The Morgan fingerprint density at radius 2 is 2.09 bits per heavy atom. The van der Waals surface area contributed by atoms with Crippen LogP contribution >= 0.6 is 11.3 Å². The zero-order valence-corrected chi connectivity index (χ0v) is 13.6. The summed E-state index contributed by atoms with van der Waals surface area (Å²) in [7, 11) is -2.67. The van der Waals surface area contributed by atoms with E-state index in [0.717, 1.165) is 11.3 Å². The van der Waals surface area contributed by atoms with Crippen molar-refractivity contribution in [3.05, 3.63) is 51.5 Å². The van der Waals surface area contributed by atoms with Gasteiger partial charge in [0, 0.05) is 6.54 Å². The van der Waals surface area contributed by atoms with E-state index in [1.165, 1.54) is 30.7 Å². The third-order valence-electron chi connectivity index (χ3n) is 2.98. The molecule has 2 rings (SSSR count). The second kappa shape index (κ2) is 6.55. The van der Waals surface area contributed by atoms with E-state index in [0.29, 0.717) is 11.1 Å². The quantitative estimate of drug-likeness (QED) is 0.847. The van der Waals surface area contributed by atoms with Crippen LogP contribution in [0.5, 0.6) is 0 Å². The fourth-order valence-electron chi connectivity index (χ4n) is 1.82. The third kappa shape index (κ3) is 3.52.